The Morgan fingerprint density at radius 1 is 1.17 bits per heavy atom. The van der Waals surface area contributed by atoms with Crippen LogP contribution in [0.1, 0.15) is 25.1 Å². The van der Waals surface area contributed by atoms with Crippen molar-refractivity contribution in [1.82, 2.24) is 19.3 Å². The van der Waals surface area contributed by atoms with Crippen molar-refractivity contribution in [3.05, 3.63) is 51.0 Å². The summed E-state index contributed by atoms with van der Waals surface area (Å²) in [4.78, 5) is 82.1. The molecule has 2 aromatic rings. The Morgan fingerprint density at radius 2 is 1.79 bits per heavy atom. The first-order valence-corrected chi connectivity index (χ1v) is 16.8. The number of amides is 4. The molecule has 0 radical (unpaired) electrons. The quantitative estimate of drug-likeness (QED) is 0.0290. The molecule has 5 N–H and O–H groups in total. The van der Waals surface area contributed by atoms with Crippen molar-refractivity contribution in [1.29, 1.82) is 0 Å². The monoisotopic (exact) mass is 755 g/mol. The van der Waals surface area contributed by atoms with Gasteiger partial charge in [-0.25, -0.2) is 14.5 Å². The summed E-state index contributed by atoms with van der Waals surface area (Å²) in [7, 11) is -10.8. The average Bonchev–Trinajstić information content (AvgIpc) is 3.43. The number of β-lactam (4-membered cyclic amide) rings is 1. The van der Waals surface area contributed by atoms with Gasteiger partial charge in [-0.1, -0.05) is 5.16 Å². The van der Waals surface area contributed by atoms with Gasteiger partial charge in [-0.15, -0.1) is 22.9 Å². The first kappa shape index (κ1) is 37.6. The van der Waals surface area contributed by atoms with E-state index in [1.807, 2.05) is 5.32 Å². The van der Waals surface area contributed by atoms with Crippen molar-refractivity contribution in [2.45, 2.75) is 38.1 Å². The molecular formula is C22H22ClN7O15S3. The van der Waals surface area contributed by atoms with Crippen LogP contribution in [-0.2, 0) is 60.8 Å². The van der Waals surface area contributed by atoms with E-state index in [-0.39, 0.29) is 23.1 Å². The molecule has 0 saturated carbocycles. The maximum Gasteiger partial charge on any atom is 0.363 e. The van der Waals surface area contributed by atoms with Crippen LogP contribution < -0.4 is 15.4 Å². The number of oxime groups is 1. The zero-order valence-corrected chi connectivity index (χ0v) is 27.3. The summed E-state index contributed by atoms with van der Waals surface area (Å²) in [5.74, 6) is -7.15. The molecule has 0 aliphatic carbocycles. The van der Waals surface area contributed by atoms with Gasteiger partial charge in [0.05, 0.1) is 4.92 Å². The number of aromatic nitrogens is 1. The first-order chi connectivity index (χ1) is 22.1. The van der Waals surface area contributed by atoms with Crippen LogP contribution in [0.3, 0.4) is 0 Å². The molecule has 22 nitrogen and oxygen atoms in total. The average molecular weight is 756 g/mol. The molecule has 0 bridgehead atoms. The second-order valence-electron chi connectivity index (χ2n) is 9.71. The van der Waals surface area contributed by atoms with Crippen LogP contribution in [0, 0.1) is 10.1 Å². The van der Waals surface area contributed by atoms with Crippen molar-refractivity contribution in [2.24, 2.45) is 5.16 Å². The van der Waals surface area contributed by atoms with Crippen LogP contribution in [0.2, 0.25) is 0 Å². The second-order valence-corrected chi connectivity index (χ2v) is 13.3. The van der Waals surface area contributed by atoms with Gasteiger partial charge in [0, 0.05) is 17.5 Å². The summed E-state index contributed by atoms with van der Waals surface area (Å²) in [5.41, 5.74) is -3.04. The minimum Gasteiger partial charge on any atom is -0.458 e. The molecule has 3 rings (SSSR count). The largest absolute Gasteiger partial charge is 0.458 e. The van der Waals surface area contributed by atoms with Crippen LogP contribution in [0.15, 0.2) is 34.8 Å². The van der Waals surface area contributed by atoms with Gasteiger partial charge in [-0.05, 0) is 31.5 Å². The number of nitro groups is 1. The van der Waals surface area contributed by atoms with Gasteiger partial charge in [0.15, 0.2) is 16.9 Å². The highest BCUT2D eigenvalue weighted by atomic mass is 35.5. The second kappa shape index (κ2) is 14.5. The van der Waals surface area contributed by atoms with Gasteiger partial charge < -0.3 is 20.2 Å². The molecule has 1 aliphatic heterocycles. The fourth-order valence-corrected chi connectivity index (χ4v) is 5.54. The van der Waals surface area contributed by atoms with E-state index in [2.05, 4.69) is 15.5 Å². The minimum atomic E-state index is -5.49. The number of alkyl halides is 1. The number of nitro benzene ring substituents is 1. The van der Waals surface area contributed by atoms with E-state index in [0.717, 1.165) is 35.3 Å². The predicted octanol–water partition coefficient (Wildman–Crippen LogP) is -1.11. The summed E-state index contributed by atoms with van der Waals surface area (Å²) in [6, 6.07) is 0.405. The van der Waals surface area contributed by atoms with Crippen molar-refractivity contribution < 1.29 is 64.4 Å². The number of nitrogens with zero attached hydrogens (tertiary/aromatic N) is 4. The molecule has 4 amide bonds. The van der Waals surface area contributed by atoms with Gasteiger partial charge >= 0.3 is 26.6 Å². The van der Waals surface area contributed by atoms with Crippen LogP contribution in [0.25, 0.3) is 0 Å². The molecule has 2 atom stereocenters. The van der Waals surface area contributed by atoms with Crippen LogP contribution in [0.4, 0.5) is 10.8 Å². The fraction of sp³-hybridized carbons (Fsp3) is 0.318. The Labute approximate surface area is 278 Å². The Kier molecular flexibility index (Phi) is 11.4. The van der Waals surface area contributed by atoms with Crippen molar-refractivity contribution >= 4 is 89.7 Å². The number of carbonyl (C=O) groups excluding carboxylic acids is 5. The zero-order chi connectivity index (χ0) is 36.2. The lowest BCUT2D eigenvalue weighted by atomic mass is 9.98. The van der Waals surface area contributed by atoms with E-state index in [9.17, 15) is 55.5 Å². The molecule has 1 aliphatic rings. The molecule has 1 aromatic carbocycles. The van der Waals surface area contributed by atoms with Gasteiger partial charge in [-0.3, -0.25) is 38.4 Å². The highest BCUT2D eigenvalue weighted by Gasteiger charge is 2.58. The van der Waals surface area contributed by atoms with E-state index in [4.69, 9.17) is 25.7 Å². The first-order valence-electron chi connectivity index (χ1n) is 12.5. The van der Waals surface area contributed by atoms with E-state index < -0.39 is 88.7 Å². The van der Waals surface area contributed by atoms with E-state index >= 15 is 0 Å². The number of rotatable bonds is 14. The van der Waals surface area contributed by atoms with Crippen LogP contribution in [-0.4, -0.2) is 99.0 Å². The smallest absolute Gasteiger partial charge is 0.363 e. The standard InChI is InChI=1S/C22H22ClN7O15S3/c1-22(2,20(35)44-8-10-3-5-11(6-4-10)30(36)37)45-27-14(12-9-46-21(24-12)25-13(31)7-23)17(32)26-15-16(18(33)28-47(38,39)40)29(19(15)34)48(41,42)43/h3-6,9,15-16H,7-8H2,1-2H3,(H,26,32)(H,28,33)(H,24,25,31)(H,38,39,40)(H,41,42,43). The topological polar surface area (TPSA) is 320 Å². The highest BCUT2D eigenvalue weighted by molar-refractivity contribution is 7.84. The summed E-state index contributed by atoms with van der Waals surface area (Å²) in [6.45, 7) is 1.95. The number of anilines is 1. The van der Waals surface area contributed by atoms with Crippen LogP contribution >= 0.6 is 22.9 Å². The van der Waals surface area contributed by atoms with Gasteiger partial charge in [0.1, 0.15) is 24.2 Å². The van der Waals surface area contributed by atoms with Crippen molar-refractivity contribution in [3.63, 3.8) is 0 Å². The van der Waals surface area contributed by atoms with Crippen LogP contribution in [0.5, 0.6) is 0 Å². The number of thiazole rings is 1. The number of halogens is 1. The molecule has 1 fully saturated rings. The van der Waals surface area contributed by atoms with Gasteiger partial charge in [0.25, 0.3) is 23.4 Å². The molecule has 26 heteroatoms. The molecular weight excluding hydrogens is 734 g/mol. The fourth-order valence-electron chi connectivity index (χ4n) is 3.55. The summed E-state index contributed by atoms with van der Waals surface area (Å²) in [5, 5.41) is 19.7. The molecule has 2 unspecified atom stereocenters. The SMILES string of the molecule is CC(C)(ON=C(C(=O)NC1C(=O)N(S(=O)(=O)O)C1C(=O)NS(=O)(=O)O)c1csc(NC(=O)CCl)n1)C(=O)OCc1ccc([N+](=O)[O-])cc1. The number of carbonyl (C=O) groups is 5. The van der Waals surface area contributed by atoms with Gasteiger partial charge in [0.2, 0.25) is 11.5 Å². The third-order valence-electron chi connectivity index (χ3n) is 5.79. The van der Waals surface area contributed by atoms with Gasteiger partial charge in [-0.2, -0.15) is 21.1 Å². The number of nitrogens with one attached hydrogen (secondary N) is 3. The lowest BCUT2D eigenvalue weighted by Crippen LogP contribution is -2.76. The summed E-state index contributed by atoms with van der Waals surface area (Å²) >= 11 is 6.20. The van der Waals surface area contributed by atoms with E-state index in [1.165, 1.54) is 24.3 Å². The predicted molar refractivity (Wildman–Crippen MR) is 160 cm³/mol. The summed E-state index contributed by atoms with van der Waals surface area (Å²) < 4.78 is 69.5. The molecule has 2 heterocycles. The molecule has 1 aromatic heterocycles. The maximum absolute atomic E-state index is 13.4. The number of hydrogen-bond acceptors (Lipinski definition) is 16. The Balaban J connectivity index is 1.89. The highest BCUT2D eigenvalue weighted by Crippen LogP contribution is 2.25. The normalized spacial score (nSPS) is 16.7. The third-order valence-corrected chi connectivity index (χ3v) is 8.15. The third kappa shape index (κ3) is 9.38. The zero-order valence-electron chi connectivity index (χ0n) is 24.0. The van der Waals surface area contributed by atoms with E-state index in [1.54, 1.807) is 0 Å². The lowest BCUT2D eigenvalue weighted by Gasteiger charge is -2.42. The maximum atomic E-state index is 13.4. The summed E-state index contributed by atoms with van der Waals surface area (Å²) in [6.07, 6.45) is 0. The number of non-ortho nitro benzene ring substituents is 1. The minimum absolute atomic E-state index is 0.124. The molecule has 0 spiro atoms. The van der Waals surface area contributed by atoms with Crippen molar-refractivity contribution in [3.8, 4) is 0 Å². The number of hydrogen-bond donors (Lipinski definition) is 5. The Hall–Kier alpha value is -4.82. The number of esters is 1. The number of benzene rings is 1. The van der Waals surface area contributed by atoms with Crippen molar-refractivity contribution in [2.75, 3.05) is 11.2 Å². The molecule has 1 saturated heterocycles. The Morgan fingerprint density at radius 3 is 2.33 bits per heavy atom. The lowest BCUT2D eigenvalue weighted by molar-refractivity contribution is -0.384. The molecule has 260 valence electrons. The Bertz CT molecular complexity index is 1900. The molecule has 48 heavy (non-hydrogen) atoms. The number of ether oxygens (including phenoxy) is 1. The van der Waals surface area contributed by atoms with E-state index in [0.29, 0.717) is 5.56 Å².